The molecule has 2 N–H and O–H groups in total. The summed E-state index contributed by atoms with van der Waals surface area (Å²) in [6.07, 6.45) is 4.36. The van der Waals surface area contributed by atoms with Crippen molar-refractivity contribution in [3.05, 3.63) is 71.7 Å². The van der Waals surface area contributed by atoms with Gasteiger partial charge in [0.2, 0.25) is 11.8 Å². The lowest BCUT2D eigenvalue weighted by atomic mass is 10.2. The SMILES string of the molecule is O=C(CCSCCC(=O)Nc1ccc(-c2nccs2)cc1)Nc1ccc(-c2nccs2)cc1. The van der Waals surface area contributed by atoms with Crippen LogP contribution in [0, 0.1) is 0 Å². The molecule has 4 aromatic rings. The van der Waals surface area contributed by atoms with Crippen molar-refractivity contribution in [3.8, 4) is 21.1 Å². The summed E-state index contributed by atoms with van der Waals surface area (Å²) in [6.45, 7) is 0. The Hall–Kier alpha value is -3.01. The van der Waals surface area contributed by atoms with Gasteiger partial charge in [-0.05, 0) is 48.5 Å². The quantitative estimate of drug-likeness (QED) is 0.263. The highest BCUT2D eigenvalue weighted by molar-refractivity contribution is 7.99. The first-order valence-electron chi connectivity index (χ1n) is 10.3. The number of hydrogen-bond donors (Lipinski definition) is 2. The van der Waals surface area contributed by atoms with E-state index < -0.39 is 0 Å². The molecule has 0 unspecified atom stereocenters. The van der Waals surface area contributed by atoms with Crippen LogP contribution in [-0.2, 0) is 9.59 Å². The summed E-state index contributed by atoms with van der Waals surface area (Å²) in [5.41, 5.74) is 3.61. The normalized spacial score (nSPS) is 10.7. The third-order valence-electron chi connectivity index (χ3n) is 4.64. The number of rotatable bonds is 10. The minimum atomic E-state index is -0.0331. The molecule has 0 spiro atoms. The number of carbonyl (C=O) groups excluding carboxylic acids is 2. The van der Waals surface area contributed by atoms with Crippen LogP contribution >= 0.6 is 34.4 Å². The molecule has 2 heterocycles. The van der Waals surface area contributed by atoms with Gasteiger partial charge >= 0.3 is 0 Å². The van der Waals surface area contributed by atoms with Gasteiger partial charge in [0.05, 0.1) is 0 Å². The van der Waals surface area contributed by atoms with Crippen molar-refractivity contribution in [2.45, 2.75) is 12.8 Å². The number of benzene rings is 2. The number of thiazole rings is 2. The molecular weight excluding hydrogens is 472 g/mol. The molecule has 0 saturated carbocycles. The van der Waals surface area contributed by atoms with Gasteiger partial charge < -0.3 is 10.6 Å². The third-order valence-corrected chi connectivity index (χ3v) is 7.27. The minimum Gasteiger partial charge on any atom is -0.326 e. The lowest BCUT2D eigenvalue weighted by molar-refractivity contribution is -0.116. The Labute approximate surface area is 204 Å². The highest BCUT2D eigenvalue weighted by atomic mass is 32.2. The molecule has 0 fully saturated rings. The van der Waals surface area contributed by atoms with Crippen molar-refractivity contribution in [1.82, 2.24) is 9.97 Å². The molecule has 2 amide bonds. The van der Waals surface area contributed by atoms with E-state index in [0.29, 0.717) is 24.3 Å². The van der Waals surface area contributed by atoms with E-state index in [-0.39, 0.29) is 11.8 Å². The van der Waals surface area contributed by atoms with Gasteiger partial charge in [-0.3, -0.25) is 9.59 Å². The van der Waals surface area contributed by atoms with Gasteiger partial charge in [0.25, 0.3) is 0 Å². The number of thioether (sulfide) groups is 1. The molecule has 33 heavy (non-hydrogen) atoms. The van der Waals surface area contributed by atoms with Gasteiger partial charge in [-0.25, -0.2) is 9.97 Å². The number of nitrogens with one attached hydrogen (secondary N) is 2. The van der Waals surface area contributed by atoms with Crippen LogP contribution in [0.15, 0.2) is 71.7 Å². The smallest absolute Gasteiger partial charge is 0.225 e. The second-order valence-corrected chi connectivity index (χ2v) is 10.1. The molecule has 4 rings (SSSR count). The summed E-state index contributed by atoms with van der Waals surface area (Å²) in [4.78, 5) is 32.9. The van der Waals surface area contributed by atoms with Crippen molar-refractivity contribution >= 4 is 57.6 Å². The maximum absolute atomic E-state index is 12.2. The van der Waals surface area contributed by atoms with E-state index in [2.05, 4.69) is 20.6 Å². The van der Waals surface area contributed by atoms with E-state index in [1.807, 2.05) is 59.3 Å². The average Bonchev–Trinajstić information content (AvgIpc) is 3.55. The first kappa shape index (κ1) is 23.2. The molecule has 2 aromatic heterocycles. The van der Waals surface area contributed by atoms with Crippen LogP contribution in [-0.4, -0.2) is 33.3 Å². The van der Waals surface area contributed by atoms with Gasteiger partial charge in [0, 0.05) is 70.0 Å². The Morgan fingerprint density at radius 2 is 1.12 bits per heavy atom. The van der Waals surface area contributed by atoms with E-state index in [0.717, 1.165) is 32.5 Å². The molecule has 9 heteroatoms. The number of hydrogen-bond acceptors (Lipinski definition) is 7. The first-order chi connectivity index (χ1) is 16.2. The fraction of sp³-hybridized carbons (Fsp3) is 0.167. The Kier molecular flexibility index (Phi) is 8.24. The topological polar surface area (TPSA) is 84.0 Å². The fourth-order valence-corrected chi connectivity index (χ4v) is 5.16. The molecule has 0 saturated heterocycles. The molecule has 0 aliphatic heterocycles. The lowest BCUT2D eigenvalue weighted by Gasteiger charge is -2.07. The lowest BCUT2D eigenvalue weighted by Crippen LogP contribution is -2.14. The predicted molar refractivity (Wildman–Crippen MR) is 139 cm³/mol. The van der Waals surface area contributed by atoms with Crippen LogP contribution in [0.4, 0.5) is 11.4 Å². The standard InChI is InChI=1S/C24H22N4O2S3/c29-21(27-19-5-1-17(2-6-19)23-25-11-15-32-23)9-13-31-14-10-22(30)28-20-7-3-18(4-8-20)24-26-12-16-33-24/h1-8,11-12,15-16H,9-10,13-14H2,(H,27,29)(H,28,30). The van der Waals surface area contributed by atoms with Crippen LogP contribution in [0.5, 0.6) is 0 Å². The number of aromatic nitrogens is 2. The summed E-state index contributed by atoms with van der Waals surface area (Å²) < 4.78 is 0. The third kappa shape index (κ3) is 6.98. The summed E-state index contributed by atoms with van der Waals surface area (Å²) in [7, 11) is 0. The van der Waals surface area contributed by atoms with Gasteiger partial charge in [-0.1, -0.05) is 0 Å². The molecule has 0 aliphatic rings. The molecule has 2 aromatic carbocycles. The van der Waals surface area contributed by atoms with Gasteiger partial charge in [-0.15, -0.1) is 22.7 Å². The maximum atomic E-state index is 12.2. The molecule has 168 valence electrons. The van der Waals surface area contributed by atoms with Crippen LogP contribution < -0.4 is 10.6 Å². The predicted octanol–water partition coefficient (Wildman–Crippen LogP) is 6.02. The summed E-state index contributed by atoms with van der Waals surface area (Å²) in [5.74, 6) is 1.26. The van der Waals surface area contributed by atoms with E-state index >= 15 is 0 Å². The molecule has 0 radical (unpaired) electrons. The number of carbonyl (C=O) groups is 2. The van der Waals surface area contributed by atoms with Crippen molar-refractivity contribution in [1.29, 1.82) is 0 Å². The Morgan fingerprint density at radius 3 is 1.48 bits per heavy atom. The highest BCUT2D eigenvalue weighted by Crippen LogP contribution is 2.24. The average molecular weight is 495 g/mol. The zero-order valence-electron chi connectivity index (χ0n) is 17.7. The van der Waals surface area contributed by atoms with Crippen molar-refractivity contribution < 1.29 is 9.59 Å². The van der Waals surface area contributed by atoms with E-state index in [1.165, 1.54) is 0 Å². The van der Waals surface area contributed by atoms with Crippen LogP contribution in [0.25, 0.3) is 21.1 Å². The van der Waals surface area contributed by atoms with Crippen molar-refractivity contribution in [2.75, 3.05) is 22.1 Å². The first-order valence-corrected chi connectivity index (χ1v) is 13.3. The second-order valence-electron chi connectivity index (χ2n) is 7.04. The maximum Gasteiger partial charge on any atom is 0.225 e. The second kappa shape index (κ2) is 11.7. The van der Waals surface area contributed by atoms with Crippen LogP contribution in [0.1, 0.15) is 12.8 Å². The Morgan fingerprint density at radius 1 is 0.697 bits per heavy atom. The monoisotopic (exact) mass is 494 g/mol. The van der Waals surface area contributed by atoms with Crippen LogP contribution in [0.2, 0.25) is 0 Å². The highest BCUT2D eigenvalue weighted by Gasteiger charge is 2.07. The number of anilines is 2. The molecular formula is C24H22N4O2S3. The van der Waals surface area contributed by atoms with E-state index in [9.17, 15) is 9.59 Å². The summed E-state index contributed by atoms with van der Waals surface area (Å²) >= 11 is 4.76. The van der Waals surface area contributed by atoms with Gasteiger partial charge in [-0.2, -0.15) is 11.8 Å². The zero-order valence-corrected chi connectivity index (χ0v) is 20.1. The largest absolute Gasteiger partial charge is 0.326 e. The molecule has 0 bridgehead atoms. The van der Waals surface area contributed by atoms with Crippen LogP contribution in [0.3, 0.4) is 0 Å². The molecule has 0 atom stereocenters. The summed E-state index contributed by atoms with van der Waals surface area (Å²) in [5, 5.41) is 11.6. The fourth-order valence-electron chi connectivity index (χ4n) is 3.00. The number of nitrogens with zero attached hydrogens (tertiary/aromatic N) is 2. The molecule has 0 aliphatic carbocycles. The zero-order chi connectivity index (χ0) is 22.9. The van der Waals surface area contributed by atoms with E-state index in [4.69, 9.17) is 0 Å². The van der Waals surface area contributed by atoms with E-state index in [1.54, 1.807) is 46.8 Å². The number of amides is 2. The molecule has 6 nitrogen and oxygen atoms in total. The Balaban J connectivity index is 1.11. The van der Waals surface area contributed by atoms with Crippen molar-refractivity contribution in [2.24, 2.45) is 0 Å². The van der Waals surface area contributed by atoms with Gasteiger partial charge in [0.1, 0.15) is 10.0 Å². The summed E-state index contributed by atoms with van der Waals surface area (Å²) in [6, 6.07) is 15.3. The minimum absolute atomic E-state index is 0.0331. The van der Waals surface area contributed by atoms with Gasteiger partial charge in [0.15, 0.2) is 0 Å². The van der Waals surface area contributed by atoms with Crippen molar-refractivity contribution in [3.63, 3.8) is 0 Å². The Bertz CT molecular complexity index is 1070.